The molecule has 0 aliphatic carbocycles. The van der Waals surface area contributed by atoms with Gasteiger partial charge in [-0.1, -0.05) is 18.2 Å². The van der Waals surface area contributed by atoms with Gasteiger partial charge in [0.1, 0.15) is 22.8 Å². The van der Waals surface area contributed by atoms with Crippen LogP contribution in [0, 0.1) is 0 Å². The largest absolute Gasteiger partial charge is 0.508 e. The van der Waals surface area contributed by atoms with Gasteiger partial charge in [0.2, 0.25) is 0 Å². The summed E-state index contributed by atoms with van der Waals surface area (Å²) in [5.41, 5.74) is 3.46. The van der Waals surface area contributed by atoms with E-state index < -0.39 is 5.54 Å². The highest BCUT2D eigenvalue weighted by Gasteiger charge is 2.43. The molecule has 0 saturated carbocycles. The standard InChI is InChI=1S/C15H11NO2S/c17-10-5-6-14-12(7-10)15(8-19-9-16-15)11-3-1-2-4-13(11)18-14/h1-7,9,17H,8H2. The van der Waals surface area contributed by atoms with E-state index in [0.717, 1.165) is 28.4 Å². The van der Waals surface area contributed by atoms with Gasteiger partial charge in [0.15, 0.2) is 0 Å². The van der Waals surface area contributed by atoms with E-state index in [1.54, 1.807) is 30.0 Å². The summed E-state index contributed by atoms with van der Waals surface area (Å²) < 4.78 is 5.92. The van der Waals surface area contributed by atoms with Gasteiger partial charge in [-0.25, -0.2) is 0 Å². The van der Waals surface area contributed by atoms with E-state index >= 15 is 0 Å². The Bertz CT molecular complexity index is 698. The van der Waals surface area contributed by atoms with Gasteiger partial charge in [0, 0.05) is 16.9 Å². The summed E-state index contributed by atoms with van der Waals surface area (Å²) in [4.78, 5) is 4.70. The van der Waals surface area contributed by atoms with Gasteiger partial charge in [0.25, 0.3) is 0 Å². The minimum Gasteiger partial charge on any atom is -0.508 e. The number of hydrogen-bond donors (Lipinski definition) is 1. The lowest BCUT2D eigenvalue weighted by Crippen LogP contribution is -2.29. The number of aliphatic imine (C=N–C) groups is 1. The number of aromatic hydroxyl groups is 1. The van der Waals surface area contributed by atoms with Gasteiger partial charge in [-0.15, -0.1) is 11.8 Å². The van der Waals surface area contributed by atoms with E-state index in [1.807, 2.05) is 29.8 Å². The zero-order chi connectivity index (χ0) is 12.9. The molecule has 0 aromatic heterocycles. The Hall–Kier alpha value is -1.94. The normalized spacial score (nSPS) is 22.9. The molecule has 4 heteroatoms. The van der Waals surface area contributed by atoms with Crippen molar-refractivity contribution in [2.45, 2.75) is 5.54 Å². The second-order valence-electron chi connectivity index (χ2n) is 4.68. The fourth-order valence-corrected chi connectivity index (χ4v) is 3.66. The molecule has 0 radical (unpaired) electrons. The van der Waals surface area contributed by atoms with Crippen molar-refractivity contribution in [2.24, 2.45) is 4.99 Å². The number of thioether (sulfide) groups is 1. The molecular formula is C15H11NO2S. The first-order valence-corrected chi connectivity index (χ1v) is 7.11. The Labute approximate surface area is 114 Å². The van der Waals surface area contributed by atoms with Crippen LogP contribution in [0.1, 0.15) is 11.1 Å². The SMILES string of the molecule is Oc1ccc2c(c1)C1(CSC=N1)c1ccccc1O2. The number of phenols is 1. The minimum atomic E-state index is -0.423. The monoisotopic (exact) mass is 269 g/mol. The van der Waals surface area contributed by atoms with E-state index in [0.29, 0.717) is 0 Å². The molecule has 19 heavy (non-hydrogen) atoms. The van der Waals surface area contributed by atoms with Crippen LogP contribution >= 0.6 is 11.8 Å². The zero-order valence-corrected chi connectivity index (χ0v) is 10.9. The number of benzene rings is 2. The maximum absolute atomic E-state index is 9.77. The predicted molar refractivity (Wildman–Crippen MR) is 76.4 cm³/mol. The number of hydrogen-bond acceptors (Lipinski definition) is 4. The molecule has 1 spiro atoms. The summed E-state index contributed by atoms with van der Waals surface area (Å²) in [7, 11) is 0. The smallest absolute Gasteiger partial charge is 0.133 e. The highest BCUT2D eigenvalue weighted by molar-refractivity contribution is 8.12. The van der Waals surface area contributed by atoms with Crippen LogP contribution in [0.3, 0.4) is 0 Å². The number of nitrogens with zero attached hydrogens (tertiary/aromatic N) is 1. The third-order valence-corrected chi connectivity index (χ3v) is 4.44. The average molecular weight is 269 g/mol. The number of phenolic OH excluding ortho intramolecular Hbond substituents is 1. The molecule has 2 aromatic carbocycles. The molecule has 2 heterocycles. The third-order valence-electron chi connectivity index (χ3n) is 3.60. The van der Waals surface area contributed by atoms with Crippen LogP contribution in [-0.4, -0.2) is 16.4 Å². The number of para-hydroxylation sites is 1. The highest BCUT2D eigenvalue weighted by Crippen LogP contribution is 2.52. The van der Waals surface area contributed by atoms with Crippen molar-refractivity contribution < 1.29 is 9.84 Å². The van der Waals surface area contributed by atoms with E-state index in [1.165, 1.54) is 0 Å². The van der Waals surface area contributed by atoms with E-state index in [4.69, 9.17) is 9.73 Å². The molecule has 1 atom stereocenters. The molecule has 3 nitrogen and oxygen atoms in total. The molecule has 2 aromatic rings. The topological polar surface area (TPSA) is 41.8 Å². The van der Waals surface area contributed by atoms with Crippen LogP contribution in [-0.2, 0) is 5.54 Å². The van der Waals surface area contributed by atoms with Crippen LogP contribution in [0.4, 0.5) is 0 Å². The molecule has 0 bridgehead atoms. The highest BCUT2D eigenvalue weighted by atomic mass is 32.2. The van der Waals surface area contributed by atoms with Crippen molar-refractivity contribution in [3.63, 3.8) is 0 Å². The lowest BCUT2D eigenvalue weighted by Gasteiger charge is -2.34. The molecule has 4 rings (SSSR count). The van der Waals surface area contributed by atoms with Crippen LogP contribution in [0.15, 0.2) is 47.5 Å². The van der Waals surface area contributed by atoms with E-state index in [9.17, 15) is 5.11 Å². The fourth-order valence-electron chi connectivity index (χ4n) is 2.71. The first-order chi connectivity index (χ1) is 9.29. The fraction of sp³-hybridized carbons (Fsp3) is 0.133. The maximum atomic E-state index is 9.77. The van der Waals surface area contributed by atoms with Gasteiger partial charge in [-0.05, 0) is 24.3 Å². The molecule has 0 saturated heterocycles. The summed E-state index contributed by atoms with van der Waals surface area (Å²) in [5, 5.41) is 9.77. The quantitative estimate of drug-likeness (QED) is 0.795. The van der Waals surface area contributed by atoms with Gasteiger partial charge in [-0.3, -0.25) is 4.99 Å². The Kier molecular flexibility index (Phi) is 2.17. The van der Waals surface area contributed by atoms with E-state index in [2.05, 4.69) is 0 Å². The van der Waals surface area contributed by atoms with E-state index in [-0.39, 0.29) is 5.75 Å². The van der Waals surface area contributed by atoms with Crippen molar-refractivity contribution in [3.05, 3.63) is 53.6 Å². The summed E-state index contributed by atoms with van der Waals surface area (Å²) in [6.07, 6.45) is 0. The number of fused-ring (bicyclic) bond motifs is 4. The van der Waals surface area contributed by atoms with Crippen molar-refractivity contribution in [3.8, 4) is 17.2 Å². The molecular weight excluding hydrogens is 258 g/mol. The van der Waals surface area contributed by atoms with Crippen molar-refractivity contribution in [1.29, 1.82) is 0 Å². The second-order valence-corrected chi connectivity index (χ2v) is 5.52. The first-order valence-electron chi connectivity index (χ1n) is 6.06. The Morgan fingerprint density at radius 3 is 2.79 bits per heavy atom. The first kappa shape index (κ1) is 10.9. The molecule has 0 fully saturated rings. The van der Waals surface area contributed by atoms with Crippen LogP contribution < -0.4 is 4.74 Å². The molecule has 1 unspecified atom stereocenters. The maximum Gasteiger partial charge on any atom is 0.133 e. The number of rotatable bonds is 0. The predicted octanol–water partition coefficient (Wildman–Crippen LogP) is 3.52. The second kappa shape index (κ2) is 3.78. The van der Waals surface area contributed by atoms with Gasteiger partial charge in [-0.2, -0.15) is 0 Å². The van der Waals surface area contributed by atoms with Crippen LogP contribution in [0.25, 0.3) is 0 Å². The molecule has 94 valence electrons. The Morgan fingerprint density at radius 2 is 1.95 bits per heavy atom. The van der Waals surface area contributed by atoms with Crippen molar-refractivity contribution in [1.82, 2.24) is 0 Å². The average Bonchev–Trinajstić information content (AvgIpc) is 2.91. The summed E-state index contributed by atoms with van der Waals surface area (Å²) in [6.45, 7) is 0. The molecule has 2 aliphatic heterocycles. The molecule has 2 aliphatic rings. The lowest BCUT2D eigenvalue weighted by atomic mass is 9.82. The minimum absolute atomic E-state index is 0.244. The van der Waals surface area contributed by atoms with Gasteiger partial charge >= 0.3 is 0 Å². The summed E-state index contributed by atoms with van der Waals surface area (Å²) in [5.74, 6) is 2.70. The Morgan fingerprint density at radius 1 is 1.11 bits per heavy atom. The lowest BCUT2D eigenvalue weighted by molar-refractivity contribution is 0.410. The van der Waals surface area contributed by atoms with Crippen LogP contribution in [0.5, 0.6) is 17.2 Å². The van der Waals surface area contributed by atoms with Gasteiger partial charge < -0.3 is 9.84 Å². The number of ether oxygens (including phenoxy) is 1. The van der Waals surface area contributed by atoms with Crippen molar-refractivity contribution >= 4 is 17.3 Å². The third kappa shape index (κ3) is 1.43. The molecule has 1 N–H and O–H groups in total. The zero-order valence-electron chi connectivity index (χ0n) is 10.0. The van der Waals surface area contributed by atoms with Gasteiger partial charge in [0.05, 0.1) is 5.55 Å². The molecule has 0 amide bonds. The van der Waals surface area contributed by atoms with Crippen molar-refractivity contribution in [2.75, 3.05) is 5.75 Å². The summed E-state index contributed by atoms with van der Waals surface area (Å²) in [6, 6.07) is 13.2. The summed E-state index contributed by atoms with van der Waals surface area (Å²) >= 11 is 1.68. The van der Waals surface area contributed by atoms with Crippen LogP contribution in [0.2, 0.25) is 0 Å². The Balaban J connectivity index is 2.04.